The van der Waals surface area contributed by atoms with Crippen molar-refractivity contribution in [1.29, 1.82) is 0 Å². The molecule has 7 heteroatoms. The van der Waals surface area contributed by atoms with Crippen LogP contribution in [0.25, 0.3) is 0 Å². The fourth-order valence-electron chi connectivity index (χ4n) is 2.58. The molecule has 1 N–H and O–H groups in total. The molecule has 3 rings (SSSR count). The average Bonchev–Trinajstić information content (AvgIpc) is 2.73. The Kier molecular flexibility index (Phi) is 5.86. The number of anilines is 1. The normalized spacial score (nSPS) is 10.2. The molecule has 0 radical (unpaired) electrons. The summed E-state index contributed by atoms with van der Waals surface area (Å²) in [6.45, 7) is 0.386. The smallest absolute Gasteiger partial charge is 0.312 e. The molecule has 1 amide bonds. The van der Waals surface area contributed by atoms with Crippen LogP contribution in [-0.2, 0) is 6.61 Å². The summed E-state index contributed by atoms with van der Waals surface area (Å²) in [5, 5.41) is 13.8. The number of amides is 1. The second-order valence-corrected chi connectivity index (χ2v) is 5.90. The number of hydrogen-bond acceptors (Lipinski definition) is 5. The van der Waals surface area contributed by atoms with Crippen molar-refractivity contribution < 1.29 is 19.2 Å². The Morgan fingerprint density at radius 2 is 1.82 bits per heavy atom. The Balaban J connectivity index is 1.71. The first-order valence-corrected chi connectivity index (χ1v) is 8.47. The van der Waals surface area contributed by atoms with Gasteiger partial charge in [0.15, 0.2) is 5.75 Å². The zero-order chi connectivity index (χ0) is 19.9. The molecule has 3 aromatic carbocycles. The molecule has 0 heterocycles. The monoisotopic (exact) mass is 378 g/mol. The molecule has 0 atom stereocenters. The van der Waals surface area contributed by atoms with Crippen LogP contribution in [0.5, 0.6) is 11.5 Å². The van der Waals surface area contributed by atoms with Gasteiger partial charge in [0, 0.05) is 17.3 Å². The maximum Gasteiger partial charge on any atom is 0.312 e. The van der Waals surface area contributed by atoms with Gasteiger partial charge < -0.3 is 14.8 Å². The number of nitrogens with one attached hydrogen (secondary N) is 1. The van der Waals surface area contributed by atoms with E-state index in [-0.39, 0.29) is 11.4 Å². The molecule has 0 spiro atoms. The Morgan fingerprint density at radius 3 is 2.54 bits per heavy atom. The SMILES string of the molecule is COc1ccc(NC(=O)c2cccc(OCc3ccccc3)c2)cc1[N+](=O)[O-]. The lowest BCUT2D eigenvalue weighted by molar-refractivity contribution is -0.385. The Labute approximate surface area is 161 Å². The Hall–Kier alpha value is -3.87. The van der Waals surface area contributed by atoms with Gasteiger partial charge >= 0.3 is 5.69 Å². The molecule has 0 fully saturated rings. The molecule has 0 unspecified atom stereocenters. The molecule has 0 aliphatic heterocycles. The molecular weight excluding hydrogens is 360 g/mol. The van der Waals surface area contributed by atoms with Crippen LogP contribution in [0.15, 0.2) is 72.8 Å². The van der Waals surface area contributed by atoms with E-state index in [1.165, 1.54) is 19.2 Å². The molecule has 7 nitrogen and oxygen atoms in total. The number of ether oxygens (including phenoxy) is 2. The van der Waals surface area contributed by atoms with Gasteiger partial charge in [0.25, 0.3) is 5.91 Å². The van der Waals surface area contributed by atoms with E-state index in [2.05, 4.69) is 5.32 Å². The molecule has 0 aliphatic carbocycles. The number of nitrogens with zero attached hydrogens (tertiary/aromatic N) is 1. The van der Waals surface area contributed by atoms with E-state index >= 15 is 0 Å². The predicted molar refractivity (Wildman–Crippen MR) is 105 cm³/mol. The van der Waals surface area contributed by atoms with Crippen molar-refractivity contribution in [2.45, 2.75) is 6.61 Å². The molecule has 28 heavy (non-hydrogen) atoms. The fraction of sp³-hybridized carbons (Fsp3) is 0.0952. The van der Waals surface area contributed by atoms with Crippen molar-refractivity contribution in [3.05, 3.63) is 94.0 Å². The van der Waals surface area contributed by atoms with E-state index in [1.807, 2.05) is 30.3 Å². The highest BCUT2D eigenvalue weighted by atomic mass is 16.6. The number of hydrogen-bond donors (Lipinski definition) is 1. The number of methoxy groups -OCH3 is 1. The molecule has 0 aliphatic rings. The maximum absolute atomic E-state index is 12.5. The van der Waals surface area contributed by atoms with Crippen LogP contribution in [0.1, 0.15) is 15.9 Å². The summed E-state index contributed by atoms with van der Waals surface area (Å²) < 4.78 is 10.7. The highest BCUT2D eigenvalue weighted by molar-refractivity contribution is 6.04. The van der Waals surface area contributed by atoms with E-state index in [9.17, 15) is 14.9 Å². The van der Waals surface area contributed by atoms with Crippen LogP contribution in [-0.4, -0.2) is 17.9 Å². The highest BCUT2D eigenvalue weighted by Gasteiger charge is 2.16. The summed E-state index contributed by atoms with van der Waals surface area (Å²) in [7, 11) is 1.35. The molecule has 3 aromatic rings. The van der Waals surface area contributed by atoms with Gasteiger partial charge in [0.2, 0.25) is 0 Å². The molecule has 142 valence electrons. The summed E-state index contributed by atoms with van der Waals surface area (Å²) in [6, 6.07) is 20.7. The van der Waals surface area contributed by atoms with E-state index < -0.39 is 10.8 Å². The number of carbonyl (C=O) groups excluding carboxylic acids is 1. The first-order valence-electron chi connectivity index (χ1n) is 8.47. The largest absolute Gasteiger partial charge is 0.490 e. The maximum atomic E-state index is 12.5. The van der Waals surface area contributed by atoms with Crippen LogP contribution in [0, 0.1) is 10.1 Å². The van der Waals surface area contributed by atoms with E-state index in [4.69, 9.17) is 9.47 Å². The topological polar surface area (TPSA) is 90.7 Å². The van der Waals surface area contributed by atoms with Crippen molar-refractivity contribution in [3.8, 4) is 11.5 Å². The van der Waals surface area contributed by atoms with Gasteiger partial charge in [-0.15, -0.1) is 0 Å². The van der Waals surface area contributed by atoms with Crippen molar-refractivity contribution in [3.63, 3.8) is 0 Å². The average molecular weight is 378 g/mol. The lowest BCUT2D eigenvalue weighted by atomic mass is 10.2. The Morgan fingerprint density at radius 1 is 1.04 bits per heavy atom. The molecule has 0 saturated heterocycles. The van der Waals surface area contributed by atoms with Crippen LogP contribution >= 0.6 is 0 Å². The van der Waals surface area contributed by atoms with Crippen LogP contribution in [0.4, 0.5) is 11.4 Å². The third-order valence-corrected chi connectivity index (χ3v) is 3.98. The number of carbonyl (C=O) groups is 1. The first kappa shape index (κ1) is 18.9. The van der Waals surface area contributed by atoms with Gasteiger partial charge in [-0.1, -0.05) is 36.4 Å². The molecular formula is C21H18N2O5. The number of nitro benzene ring substituents is 1. The van der Waals surface area contributed by atoms with Gasteiger partial charge in [-0.3, -0.25) is 14.9 Å². The quantitative estimate of drug-likeness (QED) is 0.485. The molecule has 0 saturated carbocycles. The highest BCUT2D eigenvalue weighted by Crippen LogP contribution is 2.30. The van der Waals surface area contributed by atoms with E-state index in [1.54, 1.807) is 30.3 Å². The zero-order valence-electron chi connectivity index (χ0n) is 15.1. The van der Waals surface area contributed by atoms with E-state index in [0.29, 0.717) is 23.6 Å². The zero-order valence-corrected chi connectivity index (χ0v) is 15.1. The third-order valence-electron chi connectivity index (χ3n) is 3.98. The standard InChI is InChI=1S/C21H18N2O5/c1-27-20-11-10-17(13-19(20)23(25)26)22-21(24)16-8-5-9-18(12-16)28-14-15-6-3-2-4-7-15/h2-13H,14H2,1H3,(H,22,24). The van der Waals surface area contributed by atoms with E-state index in [0.717, 1.165) is 5.56 Å². The Bertz CT molecular complexity index is 989. The lowest BCUT2D eigenvalue weighted by Gasteiger charge is -2.09. The first-order chi connectivity index (χ1) is 13.6. The van der Waals surface area contributed by atoms with Crippen LogP contribution < -0.4 is 14.8 Å². The van der Waals surface area contributed by atoms with Crippen molar-refractivity contribution in [1.82, 2.24) is 0 Å². The lowest BCUT2D eigenvalue weighted by Crippen LogP contribution is -2.12. The molecule has 0 bridgehead atoms. The van der Waals surface area contributed by atoms with Crippen molar-refractivity contribution in [2.24, 2.45) is 0 Å². The van der Waals surface area contributed by atoms with Gasteiger partial charge in [0.05, 0.1) is 12.0 Å². The third kappa shape index (κ3) is 4.64. The number of rotatable bonds is 7. The predicted octanol–water partition coefficient (Wildman–Crippen LogP) is 4.43. The summed E-state index contributed by atoms with van der Waals surface area (Å²) >= 11 is 0. The van der Waals surface area contributed by atoms with Gasteiger partial charge in [-0.05, 0) is 35.9 Å². The number of benzene rings is 3. The number of nitro groups is 1. The summed E-state index contributed by atoms with van der Waals surface area (Å²) in [5.74, 6) is 0.279. The summed E-state index contributed by atoms with van der Waals surface area (Å²) in [4.78, 5) is 23.1. The van der Waals surface area contributed by atoms with Crippen LogP contribution in [0.2, 0.25) is 0 Å². The summed E-state index contributed by atoms with van der Waals surface area (Å²) in [5.41, 5.74) is 1.47. The molecule has 0 aromatic heterocycles. The van der Waals surface area contributed by atoms with Gasteiger partial charge in [0.1, 0.15) is 12.4 Å². The van der Waals surface area contributed by atoms with Crippen molar-refractivity contribution >= 4 is 17.3 Å². The minimum Gasteiger partial charge on any atom is -0.490 e. The summed E-state index contributed by atoms with van der Waals surface area (Å²) in [6.07, 6.45) is 0. The fourth-order valence-corrected chi connectivity index (χ4v) is 2.58. The van der Waals surface area contributed by atoms with Gasteiger partial charge in [-0.25, -0.2) is 0 Å². The minimum absolute atomic E-state index is 0.124. The second-order valence-electron chi connectivity index (χ2n) is 5.90. The minimum atomic E-state index is -0.563. The van der Waals surface area contributed by atoms with Crippen LogP contribution in [0.3, 0.4) is 0 Å². The second kappa shape index (κ2) is 8.68. The van der Waals surface area contributed by atoms with Crippen molar-refractivity contribution in [2.75, 3.05) is 12.4 Å². The van der Waals surface area contributed by atoms with Gasteiger partial charge in [-0.2, -0.15) is 0 Å².